The summed E-state index contributed by atoms with van der Waals surface area (Å²) in [6, 6.07) is 0. The quantitative estimate of drug-likeness (QED) is 0.581. The van der Waals surface area contributed by atoms with Gasteiger partial charge in [0.05, 0.1) is 0 Å². The number of carbonyl (C=O) groups is 1. The molecular weight excluding hydrogens is 244 g/mol. The van der Waals surface area contributed by atoms with Crippen molar-refractivity contribution in [2.45, 2.75) is 65.2 Å². The number of fused-ring (bicyclic) bond motifs is 5. The summed E-state index contributed by atoms with van der Waals surface area (Å²) in [4.78, 5) is 12.4. The van der Waals surface area contributed by atoms with Gasteiger partial charge in [0.25, 0.3) is 0 Å². The van der Waals surface area contributed by atoms with Crippen molar-refractivity contribution < 1.29 is 4.79 Å². The lowest BCUT2D eigenvalue weighted by atomic mass is 9.46. The number of ketones is 1. The third kappa shape index (κ3) is 1.53. The van der Waals surface area contributed by atoms with Crippen LogP contribution >= 0.6 is 0 Å². The monoisotopic (exact) mass is 272 g/mol. The zero-order valence-electron chi connectivity index (χ0n) is 13.0. The largest absolute Gasteiger partial charge is 0.299 e. The van der Waals surface area contributed by atoms with Crippen LogP contribution in [0, 0.1) is 34.5 Å². The fraction of sp³-hybridized carbons (Fsp3) is 0.842. The van der Waals surface area contributed by atoms with E-state index in [2.05, 4.69) is 26.0 Å². The van der Waals surface area contributed by atoms with Crippen LogP contribution in [-0.2, 0) is 4.79 Å². The smallest absolute Gasteiger partial charge is 0.139 e. The number of hydrogen-bond acceptors (Lipinski definition) is 1. The van der Waals surface area contributed by atoms with E-state index in [1.807, 2.05) is 0 Å². The fourth-order valence-corrected chi connectivity index (χ4v) is 6.61. The summed E-state index contributed by atoms with van der Waals surface area (Å²) in [5.41, 5.74) is 0.583. The molecule has 0 radical (unpaired) electrons. The van der Waals surface area contributed by atoms with E-state index in [4.69, 9.17) is 0 Å². The summed E-state index contributed by atoms with van der Waals surface area (Å²) < 4.78 is 0. The molecule has 4 aliphatic carbocycles. The van der Waals surface area contributed by atoms with E-state index < -0.39 is 0 Å². The molecule has 0 aromatic rings. The van der Waals surface area contributed by atoms with Crippen LogP contribution in [0.2, 0.25) is 0 Å². The first kappa shape index (κ1) is 13.1. The molecule has 0 amide bonds. The molecule has 0 aliphatic heterocycles. The minimum atomic E-state index is 0.0505. The Morgan fingerprint density at radius 3 is 2.75 bits per heavy atom. The summed E-state index contributed by atoms with van der Waals surface area (Å²) in [7, 11) is 0. The second-order valence-corrected chi connectivity index (χ2v) is 8.49. The van der Waals surface area contributed by atoms with Crippen molar-refractivity contribution in [3.8, 4) is 0 Å². The van der Waals surface area contributed by atoms with E-state index in [-0.39, 0.29) is 5.41 Å². The van der Waals surface area contributed by atoms with Gasteiger partial charge in [0.15, 0.2) is 0 Å². The average molecular weight is 272 g/mol. The van der Waals surface area contributed by atoms with E-state index in [0.29, 0.717) is 17.1 Å². The Morgan fingerprint density at radius 2 is 1.90 bits per heavy atom. The molecule has 110 valence electrons. The lowest BCUT2D eigenvalue weighted by Crippen LogP contribution is -2.52. The van der Waals surface area contributed by atoms with Crippen LogP contribution in [0.5, 0.6) is 0 Å². The molecule has 0 aromatic heterocycles. The molecule has 1 heteroatoms. The van der Waals surface area contributed by atoms with E-state index in [9.17, 15) is 4.79 Å². The summed E-state index contributed by atoms with van der Waals surface area (Å²) in [5.74, 6) is 3.92. The highest BCUT2D eigenvalue weighted by atomic mass is 16.1. The highest BCUT2D eigenvalue weighted by Gasteiger charge is 2.59. The molecule has 0 saturated heterocycles. The fourth-order valence-electron chi connectivity index (χ4n) is 6.61. The van der Waals surface area contributed by atoms with Gasteiger partial charge in [-0.05, 0) is 74.0 Å². The second kappa shape index (κ2) is 4.21. The molecular formula is C19H28O. The van der Waals surface area contributed by atoms with E-state index in [1.165, 1.54) is 44.9 Å². The molecule has 20 heavy (non-hydrogen) atoms. The minimum Gasteiger partial charge on any atom is -0.299 e. The van der Waals surface area contributed by atoms with Crippen LogP contribution in [0.1, 0.15) is 65.2 Å². The van der Waals surface area contributed by atoms with Crippen LogP contribution in [0.25, 0.3) is 0 Å². The Balaban J connectivity index is 1.68. The Kier molecular flexibility index (Phi) is 2.76. The lowest BCUT2D eigenvalue weighted by molar-refractivity contribution is -0.136. The number of rotatable bonds is 0. The molecule has 4 aliphatic rings. The Hall–Kier alpha value is -0.590. The normalized spacial score (nSPS) is 54.2. The second-order valence-electron chi connectivity index (χ2n) is 8.49. The molecule has 3 saturated carbocycles. The minimum absolute atomic E-state index is 0.0505. The molecule has 0 heterocycles. The van der Waals surface area contributed by atoms with Gasteiger partial charge in [0, 0.05) is 11.8 Å². The van der Waals surface area contributed by atoms with Gasteiger partial charge >= 0.3 is 0 Å². The summed E-state index contributed by atoms with van der Waals surface area (Å²) >= 11 is 0. The van der Waals surface area contributed by atoms with Gasteiger partial charge in [-0.1, -0.05) is 26.0 Å². The van der Waals surface area contributed by atoms with Crippen LogP contribution in [0.4, 0.5) is 0 Å². The van der Waals surface area contributed by atoms with Crippen LogP contribution < -0.4 is 0 Å². The van der Waals surface area contributed by atoms with Gasteiger partial charge in [-0.25, -0.2) is 0 Å². The first-order chi connectivity index (χ1) is 9.56. The zero-order chi connectivity index (χ0) is 14.0. The third-order valence-electron chi connectivity index (χ3n) is 7.92. The molecule has 0 aromatic carbocycles. The maximum absolute atomic E-state index is 12.4. The van der Waals surface area contributed by atoms with Crippen molar-refractivity contribution in [2.75, 3.05) is 0 Å². The van der Waals surface area contributed by atoms with Crippen LogP contribution in [0.15, 0.2) is 12.2 Å². The Bertz CT molecular complexity index is 464. The highest BCUT2D eigenvalue weighted by molar-refractivity contribution is 5.87. The van der Waals surface area contributed by atoms with Gasteiger partial charge in [0.1, 0.15) is 5.78 Å². The molecule has 6 atom stereocenters. The van der Waals surface area contributed by atoms with Gasteiger partial charge in [-0.2, -0.15) is 0 Å². The predicted molar refractivity (Wildman–Crippen MR) is 81.3 cm³/mol. The summed E-state index contributed by atoms with van der Waals surface area (Å²) in [6.07, 6.45) is 14.8. The SMILES string of the molecule is C[C@]12CC=CC[C@@H]1CC[C@@H]1[C@@H]2CC[C@@]2(C)C(=O)CC[C@@H]12. The van der Waals surface area contributed by atoms with E-state index >= 15 is 0 Å². The van der Waals surface area contributed by atoms with Gasteiger partial charge in [-0.3, -0.25) is 4.79 Å². The standard InChI is InChI=1S/C19H28O/c1-18-11-4-3-5-13(18)6-7-14-15-8-9-17(20)19(15,2)12-10-16(14)18/h3-4,13-16H,5-12H2,1-2H3/t13-,14+,15+,16+,18+,19-/m1/s1. The first-order valence-corrected chi connectivity index (χ1v) is 8.74. The summed E-state index contributed by atoms with van der Waals surface area (Å²) in [6.45, 7) is 4.86. The summed E-state index contributed by atoms with van der Waals surface area (Å²) in [5, 5.41) is 0. The van der Waals surface area contributed by atoms with Gasteiger partial charge in [0.2, 0.25) is 0 Å². The molecule has 0 spiro atoms. The zero-order valence-corrected chi connectivity index (χ0v) is 13.0. The Labute approximate surface area is 123 Å². The van der Waals surface area contributed by atoms with E-state index in [0.717, 1.165) is 24.2 Å². The van der Waals surface area contributed by atoms with Crippen molar-refractivity contribution >= 4 is 5.78 Å². The molecule has 3 fully saturated rings. The van der Waals surface area contributed by atoms with Crippen molar-refractivity contribution in [1.29, 1.82) is 0 Å². The van der Waals surface area contributed by atoms with Crippen molar-refractivity contribution in [1.82, 2.24) is 0 Å². The number of hydrogen-bond donors (Lipinski definition) is 0. The number of Topliss-reactive ketones (excluding diaryl/α,β-unsaturated/α-hetero) is 1. The average Bonchev–Trinajstić information content (AvgIpc) is 2.74. The molecule has 1 nitrogen and oxygen atoms in total. The third-order valence-corrected chi connectivity index (χ3v) is 7.92. The van der Waals surface area contributed by atoms with Gasteiger partial charge < -0.3 is 0 Å². The van der Waals surface area contributed by atoms with E-state index in [1.54, 1.807) is 0 Å². The predicted octanol–water partition coefficient (Wildman–Crippen LogP) is 4.76. The maximum atomic E-state index is 12.4. The maximum Gasteiger partial charge on any atom is 0.139 e. The molecule has 4 rings (SSSR count). The topological polar surface area (TPSA) is 17.1 Å². The molecule has 0 bridgehead atoms. The van der Waals surface area contributed by atoms with Crippen LogP contribution in [-0.4, -0.2) is 5.78 Å². The highest BCUT2D eigenvalue weighted by Crippen LogP contribution is 2.64. The van der Waals surface area contributed by atoms with Crippen LogP contribution in [0.3, 0.4) is 0 Å². The molecule has 0 N–H and O–H groups in total. The number of carbonyl (C=O) groups excluding carboxylic acids is 1. The van der Waals surface area contributed by atoms with Crippen molar-refractivity contribution in [3.05, 3.63) is 12.2 Å². The first-order valence-electron chi connectivity index (χ1n) is 8.74. The number of allylic oxidation sites excluding steroid dienone is 2. The molecule has 0 unspecified atom stereocenters. The van der Waals surface area contributed by atoms with Gasteiger partial charge in [-0.15, -0.1) is 0 Å². The lowest BCUT2D eigenvalue weighted by Gasteiger charge is -2.58. The van der Waals surface area contributed by atoms with Crippen molar-refractivity contribution in [3.63, 3.8) is 0 Å². The Morgan fingerprint density at radius 1 is 1.05 bits per heavy atom. The van der Waals surface area contributed by atoms with Crippen molar-refractivity contribution in [2.24, 2.45) is 34.5 Å².